The van der Waals surface area contributed by atoms with Gasteiger partial charge in [0.2, 0.25) is 0 Å². The summed E-state index contributed by atoms with van der Waals surface area (Å²) in [5, 5.41) is 0. The summed E-state index contributed by atoms with van der Waals surface area (Å²) >= 11 is 5.06. The summed E-state index contributed by atoms with van der Waals surface area (Å²) < 4.78 is 16.9. The molecule has 0 aromatic heterocycles. The first-order valence-electron chi connectivity index (χ1n) is 7.85. The average molecular weight is 345 g/mol. The first kappa shape index (κ1) is 18.1. The Morgan fingerprint density at radius 3 is 2.33 bits per heavy atom. The van der Waals surface area contributed by atoms with Crippen molar-refractivity contribution in [3.63, 3.8) is 0 Å². The summed E-state index contributed by atoms with van der Waals surface area (Å²) in [5.74, 6) is 2.58. The molecule has 2 aromatic rings. The number of nitrogens with two attached hydrogens (primary N) is 1. The molecule has 4 nitrogen and oxygen atoms in total. The fraction of sp³-hybridized carbons (Fsp3) is 0.316. The third-order valence-electron chi connectivity index (χ3n) is 3.59. The van der Waals surface area contributed by atoms with Crippen LogP contribution >= 0.6 is 12.2 Å². The first-order chi connectivity index (χ1) is 11.5. The van der Waals surface area contributed by atoms with Gasteiger partial charge in [-0.1, -0.05) is 44.3 Å². The van der Waals surface area contributed by atoms with Crippen LogP contribution in [0.2, 0.25) is 0 Å². The van der Waals surface area contributed by atoms with Crippen molar-refractivity contribution in [2.45, 2.75) is 19.8 Å². The number of ether oxygens (including phenoxy) is 3. The quantitative estimate of drug-likeness (QED) is 0.581. The molecule has 0 fully saturated rings. The molecule has 0 atom stereocenters. The Morgan fingerprint density at radius 1 is 1.04 bits per heavy atom. The maximum atomic E-state index is 5.86. The number of para-hydroxylation sites is 1. The van der Waals surface area contributed by atoms with Gasteiger partial charge in [-0.25, -0.2) is 0 Å². The van der Waals surface area contributed by atoms with E-state index in [-0.39, 0.29) is 0 Å². The zero-order valence-electron chi connectivity index (χ0n) is 14.2. The van der Waals surface area contributed by atoms with Crippen LogP contribution in [0, 0.1) is 0 Å². The molecule has 0 saturated carbocycles. The second-order valence-corrected chi connectivity index (χ2v) is 6.06. The van der Waals surface area contributed by atoms with E-state index < -0.39 is 0 Å². The van der Waals surface area contributed by atoms with E-state index in [0.717, 1.165) is 5.75 Å². The van der Waals surface area contributed by atoms with Gasteiger partial charge in [-0.2, -0.15) is 0 Å². The summed E-state index contributed by atoms with van der Waals surface area (Å²) in [7, 11) is 1.60. The van der Waals surface area contributed by atoms with E-state index in [2.05, 4.69) is 19.9 Å². The first-order valence-corrected chi connectivity index (χ1v) is 8.26. The van der Waals surface area contributed by atoms with Crippen molar-refractivity contribution >= 4 is 17.2 Å². The van der Waals surface area contributed by atoms with Crippen LogP contribution in [0.25, 0.3) is 0 Å². The van der Waals surface area contributed by atoms with Crippen LogP contribution in [0.4, 0.5) is 0 Å². The number of benzene rings is 2. The minimum absolute atomic E-state index is 0.290. The smallest absolute Gasteiger partial charge is 0.133 e. The number of thiocarbonyl (C=S) groups is 1. The Kier molecular flexibility index (Phi) is 6.44. The summed E-state index contributed by atoms with van der Waals surface area (Å²) in [4.78, 5) is 0.290. The van der Waals surface area contributed by atoms with Crippen molar-refractivity contribution in [1.82, 2.24) is 0 Å². The van der Waals surface area contributed by atoms with Gasteiger partial charge in [0, 0.05) is 6.07 Å². The third kappa shape index (κ3) is 4.61. The van der Waals surface area contributed by atoms with Crippen LogP contribution in [0.3, 0.4) is 0 Å². The second kappa shape index (κ2) is 8.55. The normalized spacial score (nSPS) is 10.5. The van der Waals surface area contributed by atoms with Crippen molar-refractivity contribution in [3.8, 4) is 17.2 Å². The number of hydrogen-bond donors (Lipinski definition) is 1. The van der Waals surface area contributed by atoms with E-state index >= 15 is 0 Å². The van der Waals surface area contributed by atoms with Gasteiger partial charge in [0.1, 0.15) is 35.5 Å². The minimum atomic E-state index is 0.290. The van der Waals surface area contributed by atoms with Gasteiger partial charge in [-0.3, -0.25) is 0 Å². The van der Waals surface area contributed by atoms with Gasteiger partial charge in [-0.05, 0) is 29.7 Å². The molecule has 0 radical (unpaired) electrons. The van der Waals surface area contributed by atoms with Gasteiger partial charge < -0.3 is 19.9 Å². The summed E-state index contributed by atoms with van der Waals surface area (Å²) in [6.45, 7) is 5.10. The maximum absolute atomic E-state index is 5.86. The molecule has 2 aromatic carbocycles. The van der Waals surface area contributed by atoms with Crippen molar-refractivity contribution in [1.29, 1.82) is 0 Å². The average Bonchev–Trinajstić information content (AvgIpc) is 2.58. The van der Waals surface area contributed by atoms with Crippen molar-refractivity contribution in [3.05, 3.63) is 53.6 Å². The zero-order chi connectivity index (χ0) is 17.5. The van der Waals surface area contributed by atoms with E-state index in [1.807, 2.05) is 18.2 Å². The molecule has 0 heterocycles. The number of rotatable bonds is 8. The Balaban J connectivity index is 1.99. The summed E-state index contributed by atoms with van der Waals surface area (Å²) in [6, 6.07) is 13.4. The SMILES string of the molecule is COc1ccc(C(N)=S)c(OCCOc2ccccc2C(C)C)c1. The van der Waals surface area contributed by atoms with Crippen LogP contribution in [-0.2, 0) is 0 Å². The van der Waals surface area contributed by atoms with Gasteiger partial charge in [0.25, 0.3) is 0 Å². The molecule has 24 heavy (non-hydrogen) atoms. The highest BCUT2D eigenvalue weighted by atomic mass is 32.1. The fourth-order valence-electron chi connectivity index (χ4n) is 2.34. The molecule has 0 aliphatic rings. The number of methoxy groups -OCH3 is 1. The standard InChI is InChI=1S/C19H23NO3S/c1-13(2)15-6-4-5-7-17(15)22-10-11-23-18-12-14(21-3)8-9-16(18)19(20)24/h4-9,12-13H,10-11H2,1-3H3,(H2,20,24). The molecule has 2 rings (SSSR count). The fourth-order valence-corrected chi connectivity index (χ4v) is 2.51. The molecule has 0 aliphatic heterocycles. The van der Waals surface area contributed by atoms with E-state index in [1.54, 1.807) is 25.3 Å². The Labute approximate surface area is 148 Å². The Hall–Kier alpha value is -2.27. The van der Waals surface area contributed by atoms with Crippen molar-refractivity contribution in [2.24, 2.45) is 5.73 Å². The highest BCUT2D eigenvalue weighted by molar-refractivity contribution is 7.80. The topological polar surface area (TPSA) is 53.7 Å². The molecule has 0 bridgehead atoms. The molecular weight excluding hydrogens is 322 g/mol. The lowest BCUT2D eigenvalue weighted by Crippen LogP contribution is -2.15. The summed E-state index contributed by atoms with van der Waals surface area (Å²) in [5.41, 5.74) is 7.61. The van der Waals surface area contributed by atoms with Crippen molar-refractivity contribution < 1.29 is 14.2 Å². The van der Waals surface area contributed by atoms with Crippen LogP contribution in [0.15, 0.2) is 42.5 Å². The maximum Gasteiger partial charge on any atom is 0.133 e. The van der Waals surface area contributed by atoms with Gasteiger partial charge in [0.15, 0.2) is 0 Å². The van der Waals surface area contributed by atoms with Gasteiger partial charge in [0.05, 0.1) is 12.7 Å². The Bertz CT molecular complexity index is 701. The molecule has 0 unspecified atom stereocenters. The van der Waals surface area contributed by atoms with Crippen LogP contribution in [0.5, 0.6) is 17.2 Å². The van der Waals surface area contributed by atoms with Crippen molar-refractivity contribution in [2.75, 3.05) is 20.3 Å². The summed E-state index contributed by atoms with van der Waals surface area (Å²) in [6.07, 6.45) is 0. The second-order valence-electron chi connectivity index (χ2n) is 5.62. The molecule has 5 heteroatoms. The van der Waals surface area contributed by atoms with Gasteiger partial charge >= 0.3 is 0 Å². The van der Waals surface area contributed by atoms with E-state index in [1.165, 1.54) is 5.56 Å². The molecule has 0 spiro atoms. The molecule has 128 valence electrons. The third-order valence-corrected chi connectivity index (χ3v) is 3.81. The van der Waals surface area contributed by atoms with Crippen LogP contribution in [0.1, 0.15) is 30.9 Å². The highest BCUT2D eigenvalue weighted by Crippen LogP contribution is 2.27. The Morgan fingerprint density at radius 2 is 1.71 bits per heavy atom. The van der Waals surface area contributed by atoms with Crippen LogP contribution in [-0.4, -0.2) is 25.3 Å². The minimum Gasteiger partial charge on any atom is -0.497 e. The lowest BCUT2D eigenvalue weighted by molar-refractivity contribution is 0.215. The highest BCUT2D eigenvalue weighted by Gasteiger charge is 2.10. The molecule has 2 N–H and O–H groups in total. The van der Waals surface area contributed by atoms with E-state index in [0.29, 0.717) is 41.2 Å². The predicted octanol–water partition coefficient (Wildman–Crippen LogP) is 3.91. The van der Waals surface area contributed by atoms with E-state index in [9.17, 15) is 0 Å². The molecule has 0 amide bonds. The zero-order valence-corrected chi connectivity index (χ0v) is 15.1. The number of hydrogen-bond acceptors (Lipinski definition) is 4. The lowest BCUT2D eigenvalue weighted by Gasteiger charge is -2.15. The lowest BCUT2D eigenvalue weighted by atomic mass is 10.0. The van der Waals surface area contributed by atoms with Gasteiger partial charge in [-0.15, -0.1) is 0 Å². The molecular formula is C19H23NO3S. The molecule has 0 saturated heterocycles. The monoisotopic (exact) mass is 345 g/mol. The molecule has 0 aliphatic carbocycles. The largest absolute Gasteiger partial charge is 0.497 e. The van der Waals surface area contributed by atoms with Crippen LogP contribution < -0.4 is 19.9 Å². The predicted molar refractivity (Wildman–Crippen MR) is 100 cm³/mol. The van der Waals surface area contributed by atoms with E-state index in [4.69, 9.17) is 32.2 Å².